The summed E-state index contributed by atoms with van der Waals surface area (Å²) in [6.45, 7) is 0. The third-order valence-corrected chi connectivity index (χ3v) is 2.19. The van der Waals surface area contributed by atoms with Gasteiger partial charge in [-0.05, 0) is 30.5 Å². The first-order valence-corrected chi connectivity index (χ1v) is 4.24. The largest absolute Gasteiger partial charge is 0.386 e. The number of nitrogens with one attached hydrogen (secondary N) is 1. The lowest BCUT2D eigenvalue weighted by atomic mass is 9.95. The van der Waals surface area contributed by atoms with Gasteiger partial charge < -0.3 is 5.32 Å². The van der Waals surface area contributed by atoms with Crippen LogP contribution in [0.3, 0.4) is 0 Å². The van der Waals surface area contributed by atoms with Gasteiger partial charge in [0.05, 0.1) is 11.4 Å². The van der Waals surface area contributed by atoms with E-state index in [1.165, 1.54) is 18.4 Å². The highest BCUT2D eigenvalue weighted by molar-refractivity contribution is 5.76. The highest BCUT2D eigenvalue weighted by Gasteiger charge is 2.12. The Bertz CT molecular complexity index is 315. The van der Waals surface area contributed by atoms with E-state index >= 15 is 0 Å². The summed E-state index contributed by atoms with van der Waals surface area (Å²) in [5, 5.41) is 3.14. The molecular formula is C10H12N2. The smallest absolute Gasteiger partial charge is 0.0889 e. The van der Waals surface area contributed by atoms with E-state index < -0.39 is 0 Å². The molecule has 2 nitrogen and oxygen atoms in total. The Morgan fingerprint density at radius 3 is 2.92 bits per heavy atom. The Labute approximate surface area is 72.3 Å². The average molecular weight is 160 g/mol. The van der Waals surface area contributed by atoms with Crippen LogP contribution in [0.4, 0.5) is 5.69 Å². The van der Waals surface area contributed by atoms with Gasteiger partial charge in [0.1, 0.15) is 0 Å². The number of anilines is 1. The van der Waals surface area contributed by atoms with E-state index in [9.17, 15) is 0 Å². The van der Waals surface area contributed by atoms with Crippen LogP contribution in [0.1, 0.15) is 18.5 Å². The average Bonchev–Trinajstić information content (AvgIpc) is 2.02. The quantitative estimate of drug-likeness (QED) is 0.718. The van der Waals surface area contributed by atoms with Gasteiger partial charge in [0.2, 0.25) is 0 Å². The van der Waals surface area contributed by atoms with Crippen LogP contribution >= 0.6 is 0 Å². The van der Waals surface area contributed by atoms with Crippen molar-refractivity contribution in [1.29, 1.82) is 0 Å². The lowest BCUT2D eigenvalue weighted by Crippen LogP contribution is -2.01. The van der Waals surface area contributed by atoms with Crippen LogP contribution in [0.15, 0.2) is 24.4 Å². The molecule has 0 aliphatic heterocycles. The van der Waals surface area contributed by atoms with Gasteiger partial charge in [-0.1, -0.05) is 6.08 Å². The van der Waals surface area contributed by atoms with E-state index in [-0.39, 0.29) is 0 Å². The lowest BCUT2D eigenvalue weighted by Gasteiger charge is -2.16. The van der Waals surface area contributed by atoms with Crippen molar-refractivity contribution in [2.24, 2.45) is 0 Å². The summed E-state index contributed by atoms with van der Waals surface area (Å²) in [7, 11) is 1.93. The molecule has 0 bridgehead atoms. The number of aromatic nitrogens is 1. The number of hydrogen-bond acceptors (Lipinski definition) is 2. The minimum absolute atomic E-state index is 1.12. The monoisotopic (exact) mass is 160 g/mol. The molecule has 1 aliphatic carbocycles. The number of pyridine rings is 1. The van der Waals surface area contributed by atoms with Crippen LogP contribution in [0, 0.1) is 0 Å². The second-order valence-electron chi connectivity index (χ2n) is 2.92. The number of allylic oxidation sites excluding steroid dienone is 2. The molecule has 0 saturated heterocycles. The second kappa shape index (κ2) is 2.97. The Kier molecular flexibility index (Phi) is 1.82. The van der Waals surface area contributed by atoms with Gasteiger partial charge in [0.15, 0.2) is 0 Å². The summed E-state index contributed by atoms with van der Waals surface area (Å²) in [5.41, 5.74) is 3.62. The summed E-state index contributed by atoms with van der Waals surface area (Å²) >= 11 is 0. The highest BCUT2D eigenvalue weighted by atomic mass is 14.9. The Morgan fingerprint density at radius 2 is 2.33 bits per heavy atom. The van der Waals surface area contributed by atoms with Crippen molar-refractivity contribution in [3.8, 4) is 0 Å². The van der Waals surface area contributed by atoms with Crippen molar-refractivity contribution >= 4 is 11.3 Å². The topological polar surface area (TPSA) is 24.9 Å². The van der Waals surface area contributed by atoms with E-state index in [0.717, 1.165) is 11.4 Å². The molecule has 1 aliphatic rings. The zero-order valence-corrected chi connectivity index (χ0v) is 7.17. The second-order valence-corrected chi connectivity index (χ2v) is 2.92. The Morgan fingerprint density at radius 1 is 1.50 bits per heavy atom. The Balaban J connectivity index is 2.41. The van der Waals surface area contributed by atoms with Gasteiger partial charge in [-0.2, -0.15) is 0 Å². The van der Waals surface area contributed by atoms with Crippen LogP contribution < -0.4 is 5.32 Å². The standard InChI is InChI=1S/C10H12N2/c1-11-9-6-3-7-12-10(9)8-4-2-5-8/h3-4,6-7,11H,2,5H2,1H3. The predicted molar refractivity (Wildman–Crippen MR) is 51.0 cm³/mol. The fourth-order valence-electron chi connectivity index (χ4n) is 1.37. The van der Waals surface area contributed by atoms with Crippen LogP contribution in [-0.2, 0) is 0 Å². The van der Waals surface area contributed by atoms with Crippen LogP contribution in [0.25, 0.3) is 5.57 Å². The fraction of sp³-hybridized carbons (Fsp3) is 0.300. The van der Waals surface area contributed by atoms with E-state index in [1.54, 1.807) is 0 Å². The Hall–Kier alpha value is -1.31. The molecule has 1 aromatic rings. The van der Waals surface area contributed by atoms with Crippen molar-refractivity contribution < 1.29 is 0 Å². The molecule has 1 aromatic heterocycles. The fourth-order valence-corrected chi connectivity index (χ4v) is 1.37. The van der Waals surface area contributed by atoms with Gasteiger partial charge in [-0.25, -0.2) is 0 Å². The molecule has 2 rings (SSSR count). The van der Waals surface area contributed by atoms with Gasteiger partial charge in [0, 0.05) is 13.2 Å². The van der Waals surface area contributed by atoms with Crippen LogP contribution in [-0.4, -0.2) is 12.0 Å². The molecule has 0 radical (unpaired) electrons. The lowest BCUT2D eigenvalue weighted by molar-refractivity contribution is 0.973. The van der Waals surface area contributed by atoms with E-state index in [0.29, 0.717) is 0 Å². The summed E-state index contributed by atoms with van der Waals surface area (Å²) in [5.74, 6) is 0. The molecular weight excluding hydrogens is 148 g/mol. The van der Waals surface area contributed by atoms with Crippen molar-refractivity contribution in [3.05, 3.63) is 30.1 Å². The molecule has 0 unspecified atom stereocenters. The number of hydrogen-bond donors (Lipinski definition) is 1. The molecule has 0 aromatic carbocycles. The van der Waals surface area contributed by atoms with Gasteiger partial charge >= 0.3 is 0 Å². The molecule has 0 amide bonds. The SMILES string of the molecule is CNc1cccnc1C1=CCC1. The zero-order valence-electron chi connectivity index (χ0n) is 7.17. The van der Waals surface area contributed by atoms with Gasteiger partial charge in [-0.15, -0.1) is 0 Å². The zero-order chi connectivity index (χ0) is 8.39. The van der Waals surface area contributed by atoms with Crippen molar-refractivity contribution in [2.75, 3.05) is 12.4 Å². The van der Waals surface area contributed by atoms with E-state index in [2.05, 4.69) is 22.4 Å². The number of rotatable bonds is 2. The van der Waals surface area contributed by atoms with Crippen LogP contribution in [0.5, 0.6) is 0 Å². The molecule has 1 heterocycles. The highest BCUT2D eigenvalue weighted by Crippen LogP contribution is 2.31. The van der Waals surface area contributed by atoms with Gasteiger partial charge in [-0.3, -0.25) is 4.98 Å². The van der Waals surface area contributed by atoms with Crippen molar-refractivity contribution in [1.82, 2.24) is 4.98 Å². The van der Waals surface area contributed by atoms with E-state index in [1.807, 2.05) is 19.3 Å². The maximum atomic E-state index is 4.34. The first kappa shape index (κ1) is 7.35. The minimum Gasteiger partial charge on any atom is -0.386 e. The molecule has 1 N–H and O–H groups in total. The van der Waals surface area contributed by atoms with Crippen LogP contribution in [0.2, 0.25) is 0 Å². The molecule has 2 heteroatoms. The van der Waals surface area contributed by atoms with E-state index in [4.69, 9.17) is 0 Å². The van der Waals surface area contributed by atoms with Crippen molar-refractivity contribution in [3.63, 3.8) is 0 Å². The predicted octanol–water partition coefficient (Wildman–Crippen LogP) is 2.30. The maximum absolute atomic E-state index is 4.34. The normalized spacial score (nSPS) is 14.9. The summed E-state index contributed by atoms with van der Waals surface area (Å²) < 4.78 is 0. The summed E-state index contributed by atoms with van der Waals surface area (Å²) in [4.78, 5) is 4.34. The minimum atomic E-state index is 1.12. The maximum Gasteiger partial charge on any atom is 0.0889 e. The third-order valence-electron chi connectivity index (χ3n) is 2.19. The molecule has 0 atom stereocenters. The molecule has 0 fully saturated rings. The molecule has 0 saturated carbocycles. The first-order chi connectivity index (χ1) is 5.92. The molecule has 62 valence electrons. The van der Waals surface area contributed by atoms with Gasteiger partial charge in [0.25, 0.3) is 0 Å². The summed E-state index contributed by atoms with van der Waals surface area (Å²) in [6.07, 6.45) is 6.46. The first-order valence-electron chi connectivity index (χ1n) is 4.24. The third kappa shape index (κ3) is 1.09. The number of nitrogens with zero attached hydrogens (tertiary/aromatic N) is 1. The van der Waals surface area contributed by atoms with Crippen molar-refractivity contribution in [2.45, 2.75) is 12.8 Å². The molecule has 0 spiro atoms. The molecule has 12 heavy (non-hydrogen) atoms. The summed E-state index contributed by atoms with van der Waals surface area (Å²) in [6, 6.07) is 4.01.